The lowest BCUT2D eigenvalue weighted by molar-refractivity contribution is 0.309. The van der Waals surface area contributed by atoms with E-state index in [1.54, 1.807) is 6.20 Å². The van der Waals surface area contributed by atoms with Gasteiger partial charge < -0.3 is 15.0 Å². The maximum absolute atomic E-state index is 8.69. The van der Waals surface area contributed by atoms with Gasteiger partial charge >= 0.3 is 0 Å². The van der Waals surface area contributed by atoms with Crippen molar-refractivity contribution in [3.8, 4) is 5.75 Å². The minimum atomic E-state index is -0.190. The zero-order valence-electron chi connectivity index (χ0n) is 16.0. The summed E-state index contributed by atoms with van der Waals surface area (Å²) < 4.78 is 5.78. The molecule has 0 radical (unpaired) electrons. The Morgan fingerprint density at radius 2 is 2.00 bits per heavy atom. The number of aromatic nitrogens is 2. The summed E-state index contributed by atoms with van der Waals surface area (Å²) in [5.74, 6) is 2.23. The molecule has 0 bridgehead atoms. The molecule has 3 N–H and O–H groups in total. The van der Waals surface area contributed by atoms with E-state index in [9.17, 15) is 0 Å². The van der Waals surface area contributed by atoms with E-state index in [0.717, 1.165) is 42.3 Å². The SMILES string of the molecule is CCCCOc1ccc(N2C(=N)Cc3ccccc3C2Nc2ccn[nH]2)cc1. The fraction of sp³-hybridized carbons (Fsp3) is 0.273. The highest BCUT2D eigenvalue weighted by Crippen LogP contribution is 2.35. The Kier molecular flexibility index (Phi) is 5.28. The van der Waals surface area contributed by atoms with Crippen LogP contribution in [0, 0.1) is 5.41 Å². The lowest BCUT2D eigenvalue weighted by Gasteiger charge is -2.39. The third-order valence-electron chi connectivity index (χ3n) is 4.93. The van der Waals surface area contributed by atoms with E-state index in [0.29, 0.717) is 12.3 Å². The summed E-state index contributed by atoms with van der Waals surface area (Å²) in [4.78, 5) is 2.03. The first-order valence-electron chi connectivity index (χ1n) is 9.69. The molecule has 1 aliphatic heterocycles. The molecular weight excluding hydrogens is 350 g/mol. The van der Waals surface area contributed by atoms with Gasteiger partial charge in [-0.2, -0.15) is 5.10 Å². The molecule has 0 saturated heterocycles. The Morgan fingerprint density at radius 3 is 2.75 bits per heavy atom. The monoisotopic (exact) mass is 375 g/mol. The second-order valence-corrected chi connectivity index (χ2v) is 6.91. The average molecular weight is 375 g/mol. The first-order valence-corrected chi connectivity index (χ1v) is 9.69. The number of H-pyrrole nitrogens is 1. The standard InChI is InChI=1S/C22H25N5O/c1-2-3-14-28-18-10-8-17(9-11-18)27-20(23)15-16-6-4-5-7-19(16)22(27)25-21-12-13-24-26-21/h4-13,22-23H,2-3,14-15H2,1H3,(H2,24,25,26). The Morgan fingerprint density at radius 1 is 1.18 bits per heavy atom. The summed E-state index contributed by atoms with van der Waals surface area (Å²) in [6, 6.07) is 18.2. The van der Waals surface area contributed by atoms with E-state index in [1.165, 1.54) is 5.56 Å². The fourth-order valence-corrected chi connectivity index (χ4v) is 3.49. The van der Waals surface area contributed by atoms with Crippen LogP contribution in [0.5, 0.6) is 5.75 Å². The van der Waals surface area contributed by atoms with E-state index in [1.807, 2.05) is 47.4 Å². The minimum absolute atomic E-state index is 0.190. The third-order valence-corrected chi connectivity index (χ3v) is 4.93. The summed E-state index contributed by atoms with van der Waals surface area (Å²) in [5, 5.41) is 19.2. The van der Waals surface area contributed by atoms with Gasteiger partial charge in [0.05, 0.1) is 12.8 Å². The highest BCUT2D eigenvalue weighted by molar-refractivity contribution is 5.99. The van der Waals surface area contributed by atoms with Gasteiger partial charge in [0.15, 0.2) is 0 Å². The summed E-state index contributed by atoms with van der Waals surface area (Å²) >= 11 is 0. The molecule has 6 nitrogen and oxygen atoms in total. The van der Waals surface area contributed by atoms with Crippen LogP contribution in [0.3, 0.4) is 0 Å². The highest BCUT2D eigenvalue weighted by Gasteiger charge is 2.31. The van der Waals surface area contributed by atoms with E-state index < -0.39 is 0 Å². The van der Waals surface area contributed by atoms with Crippen LogP contribution in [0.15, 0.2) is 60.8 Å². The van der Waals surface area contributed by atoms with Crippen molar-refractivity contribution in [2.75, 3.05) is 16.8 Å². The van der Waals surface area contributed by atoms with Crippen molar-refractivity contribution >= 4 is 17.3 Å². The first-order chi connectivity index (χ1) is 13.8. The van der Waals surface area contributed by atoms with Gasteiger partial charge in [0, 0.05) is 12.1 Å². The molecule has 2 heterocycles. The molecule has 1 atom stereocenters. The normalized spacial score (nSPS) is 16.0. The largest absolute Gasteiger partial charge is 0.494 e. The van der Waals surface area contributed by atoms with Crippen LogP contribution >= 0.6 is 0 Å². The Hall–Kier alpha value is -3.28. The van der Waals surface area contributed by atoms with E-state index in [4.69, 9.17) is 10.1 Å². The molecular formula is C22H25N5O. The second kappa shape index (κ2) is 8.17. The molecule has 2 aromatic carbocycles. The number of nitrogens with zero attached hydrogens (tertiary/aromatic N) is 2. The summed E-state index contributed by atoms with van der Waals surface area (Å²) in [5.41, 5.74) is 3.29. The molecule has 0 fully saturated rings. The molecule has 1 aliphatic rings. The van der Waals surface area contributed by atoms with Crippen molar-refractivity contribution in [3.05, 3.63) is 71.9 Å². The first kappa shape index (κ1) is 18.1. The number of hydrogen-bond acceptors (Lipinski definition) is 4. The Balaban J connectivity index is 1.64. The van der Waals surface area contributed by atoms with Crippen LogP contribution in [0.25, 0.3) is 0 Å². The topological polar surface area (TPSA) is 77.0 Å². The number of nitrogens with one attached hydrogen (secondary N) is 3. The number of hydrogen-bond donors (Lipinski definition) is 3. The second-order valence-electron chi connectivity index (χ2n) is 6.91. The molecule has 4 rings (SSSR count). The predicted molar refractivity (Wildman–Crippen MR) is 112 cm³/mol. The Bertz CT molecular complexity index is 920. The van der Waals surface area contributed by atoms with Crippen molar-refractivity contribution in [1.29, 1.82) is 5.41 Å². The average Bonchev–Trinajstić information content (AvgIpc) is 3.22. The molecule has 0 saturated carbocycles. The summed E-state index contributed by atoms with van der Waals surface area (Å²) in [6.07, 6.45) is 4.29. The van der Waals surface area contributed by atoms with Crippen LogP contribution in [0.4, 0.5) is 11.5 Å². The zero-order chi connectivity index (χ0) is 19.3. The fourth-order valence-electron chi connectivity index (χ4n) is 3.49. The Labute approximate surface area is 165 Å². The van der Waals surface area contributed by atoms with Gasteiger partial charge in [0.1, 0.15) is 23.6 Å². The lowest BCUT2D eigenvalue weighted by Crippen LogP contribution is -2.43. The smallest absolute Gasteiger partial charge is 0.132 e. The van der Waals surface area contributed by atoms with Crippen LogP contribution in [-0.4, -0.2) is 22.6 Å². The van der Waals surface area contributed by atoms with Gasteiger partial charge in [0.2, 0.25) is 0 Å². The number of fused-ring (bicyclic) bond motifs is 1. The number of rotatable bonds is 7. The molecule has 6 heteroatoms. The number of amidine groups is 1. The number of benzene rings is 2. The van der Waals surface area contributed by atoms with E-state index in [-0.39, 0.29) is 6.17 Å². The van der Waals surface area contributed by atoms with Crippen LogP contribution in [-0.2, 0) is 6.42 Å². The number of ether oxygens (including phenoxy) is 1. The van der Waals surface area contributed by atoms with Crippen molar-refractivity contribution in [3.63, 3.8) is 0 Å². The quantitative estimate of drug-likeness (QED) is 0.521. The van der Waals surface area contributed by atoms with Crippen LogP contribution < -0.4 is 15.0 Å². The molecule has 3 aromatic rings. The molecule has 144 valence electrons. The summed E-state index contributed by atoms with van der Waals surface area (Å²) in [7, 11) is 0. The van der Waals surface area contributed by atoms with E-state index >= 15 is 0 Å². The molecule has 1 unspecified atom stereocenters. The number of unbranched alkanes of at least 4 members (excludes halogenated alkanes) is 1. The maximum atomic E-state index is 8.69. The molecule has 0 amide bonds. The van der Waals surface area contributed by atoms with Crippen molar-refractivity contribution in [2.45, 2.75) is 32.4 Å². The van der Waals surface area contributed by atoms with Gasteiger partial charge in [-0.25, -0.2) is 0 Å². The minimum Gasteiger partial charge on any atom is -0.494 e. The molecule has 0 aliphatic carbocycles. The lowest BCUT2D eigenvalue weighted by atomic mass is 9.95. The van der Waals surface area contributed by atoms with Crippen LogP contribution in [0.1, 0.15) is 37.1 Å². The summed E-state index contributed by atoms with van der Waals surface area (Å²) in [6.45, 7) is 2.88. The van der Waals surface area contributed by atoms with Crippen molar-refractivity contribution in [2.24, 2.45) is 0 Å². The van der Waals surface area contributed by atoms with Crippen molar-refractivity contribution in [1.82, 2.24) is 10.2 Å². The maximum Gasteiger partial charge on any atom is 0.132 e. The van der Waals surface area contributed by atoms with Gasteiger partial charge in [-0.3, -0.25) is 10.5 Å². The van der Waals surface area contributed by atoms with E-state index in [2.05, 4.69) is 34.6 Å². The number of anilines is 2. The third kappa shape index (κ3) is 3.71. The molecule has 0 spiro atoms. The highest BCUT2D eigenvalue weighted by atomic mass is 16.5. The molecule has 28 heavy (non-hydrogen) atoms. The molecule has 1 aromatic heterocycles. The van der Waals surface area contributed by atoms with Gasteiger partial charge in [-0.1, -0.05) is 37.6 Å². The van der Waals surface area contributed by atoms with Gasteiger partial charge in [-0.05, 0) is 47.9 Å². The predicted octanol–water partition coefficient (Wildman–Crippen LogP) is 4.74. The number of aromatic amines is 1. The van der Waals surface area contributed by atoms with Crippen LogP contribution in [0.2, 0.25) is 0 Å². The van der Waals surface area contributed by atoms with Gasteiger partial charge in [-0.15, -0.1) is 0 Å². The van der Waals surface area contributed by atoms with Crippen molar-refractivity contribution < 1.29 is 4.74 Å². The van der Waals surface area contributed by atoms with Gasteiger partial charge in [0.25, 0.3) is 0 Å². The zero-order valence-corrected chi connectivity index (χ0v) is 16.0.